The molecule has 0 unspecified atom stereocenters. The molecule has 70 heavy (non-hydrogen) atoms. The molecule has 1 aliphatic rings. The second-order valence-corrected chi connectivity index (χ2v) is 16.6. The number of hydrogen-bond acceptors (Lipinski definition) is 6. The van der Waals surface area contributed by atoms with E-state index in [0.717, 1.165) is 96.3 Å². The summed E-state index contributed by atoms with van der Waals surface area (Å²) in [6, 6.07) is 6.94. The number of pyridine rings is 2. The Morgan fingerprint density at radius 1 is 0.600 bits per heavy atom. The first-order chi connectivity index (χ1) is 33.8. The van der Waals surface area contributed by atoms with Crippen LogP contribution in [0.25, 0.3) is 0 Å². The number of nitrogens with one attached hydrogen (secondary N) is 2. The molecule has 0 spiro atoms. The second kappa shape index (κ2) is 44.2. The second-order valence-electron chi connectivity index (χ2n) is 16.6. The maximum Gasteiger partial charge on any atom is 0.253 e. The molecule has 380 valence electrons. The van der Waals surface area contributed by atoms with Crippen LogP contribution in [0.1, 0.15) is 144 Å². The van der Waals surface area contributed by atoms with Crippen LogP contribution >= 0.6 is 13.5 Å². The van der Waals surface area contributed by atoms with Gasteiger partial charge < -0.3 is 20.4 Å². The van der Waals surface area contributed by atoms with Crippen LogP contribution in [-0.2, 0) is 9.59 Å². The molecule has 1 fully saturated rings. The Hall–Kier alpha value is -6.07. The van der Waals surface area contributed by atoms with Gasteiger partial charge in [-0.3, -0.25) is 29.1 Å². The SMILES string of the molecule is CC/C=C\C/C=C\C/C=C\C/C=C\C/C=C\CCCC(=O)N(C)CCNC(=O)c1cccnc1.CC/C=C\C/C=C\C/C=C\C/C=C\C/C=C\CCCC(=O)N1CC[C@H](NC(=O)c2cccnc2)C1.S. The Balaban J connectivity index is 0.000000691. The molecule has 4 amide bonds. The van der Waals surface area contributed by atoms with Gasteiger partial charge in [-0.15, -0.1) is 0 Å². The van der Waals surface area contributed by atoms with Crippen LogP contribution in [0.5, 0.6) is 0 Å². The third kappa shape index (κ3) is 33.4. The first kappa shape index (κ1) is 61.9. The van der Waals surface area contributed by atoms with Gasteiger partial charge in [0.1, 0.15) is 0 Å². The van der Waals surface area contributed by atoms with E-state index in [1.807, 2.05) is 4.90 Å². The first-order valence-corrected chi connectivity index (χ1v) is 25.3. The number of likely N-dealkylation sites (N-methyl/N-ethyl adjacent to an activating group) is 1. The lowest BCUT2D eigenvalue weighted by Gasteiger charge is -2.17. The topological polar surface area (TPSA) is 125 Å². The molecule has 3 rings (SSSR count). The summed E-state index contributed by atoms with van der Waals surface area (Å²) in [7, 11) is 1.77. The van der Waals surface area contributed by atoms with Gasteiger partial charge in [0, 0.05) is 76.9 Å². The van der Waals surface area contributed by atoms with Crippen molar-refractivity contribution in [2.75, 3.05) is 33.2 Å². The lowest BCUT2D eigenvalue weighted by atomic mass is 10.2. The van der Waals surface area contributed by atoms with Crippen LogP contribution in [0.4, 0.5) is 0 Å². The lowest BCUT2D eigenvalue weighted by molar-refractivity contribution is -0.130. The fourth-order valence-corrected chi connectivity index (χ4v) is 6.76. The molecule has 0 radical (unpaired) electrons. The van der Waals surface area contributed by atoms with Crippen LogP contribution in [0.3, 0.4) is 0 Å². The number of likely N-dealkylation sites (tertiary alicyclic amines) is 1. The van der Waals surface area contributed by atoms with Crippen LogP contribution in [0.15, 0.2) is 171 Å². The van der Waals surface area contributed by atoms with Gasteiger partial charge >= 0.3 is 0 Å². The maximum atomic E-state index is 12.5. The van der Waals surface area contributed by atoms with Gasteiger partial charge in [0.2, 0.25) is 11.8 Å². The zero-order valence-electron chi connectivity index (χ0n) is 42.5. The van der Waals surface area contributed by atoms with Crippen molar-refractivity contribution in [1.29, 1.82) is 0 Å². The molecule has 2 aromatic rings. The number of amides is 4. The predicted molar refractivity (Wildman–Crippen MR) is 298 cm³/mol. The molecule has 1 atom stereocenters. The van der Waals surface area contributed by atoms with Gasteiger partial charge in [0.05, 0.1) is 11.1 Å². The van der Waals surface area contributed by atoms with E-state index in [4.69, 9.17) is 0 Å². The number of unbranched alkanes of at least 4 members (excludes halogenated alkanes) is 2. The molecule has 0 aromatic carbocycles. The molecular weight excluding hydrogens is 889 g/mol. The molecule has 1 aliphatic heterocycles. The number of carbonyl (C=O) groups is 4. The van der Waals surface area contributed by atoms with Crippen molar-refractivity contribution < 1.29 is 19.2 Å². The van der Waals surface area contributed by atoms with Crippen LogP contribution in [-0.4, -0.2) is 82.7 Å². The van der Waals surface area contributed by atoms with Gasteiger partial charge in [0.15, 0.2) is 0 Å². The molecule has 3 heterocycles. The van der Waals surface area contributed by atoms with Crippen molar-refractivity contribution in [2.24, 2.45) is 0 Å². The summed E-state index contributed by atoms with van der Waals surface area (Å²) in [5.41, 5.74) is 1.07. The molecule has 10 nitrogen and oxygen atoms in total. The van der Waals surface area contributed by atoms with Crippen molar-refractivity contribution in [3.05, 3.63) is 182 Å². The largest absolute Gasteiger partial charge is 0.350 e. The highest BCUT2D eigenvalue weighted by Gasteiger charge is 2.27. The van der Waals surface area contributed by atoms with Gasteiger partial charge in [-0.05, 0) is 121 Å². The van der Waals surface area contributed by atoms with Gasteiger partial charge in [-0.2, -0.15) is 13.5 Å². The highest BCUT2D eigenvalue weighted by molar-refractivity contribution is 7.59. The van der Waals surface area contributed by atoms with E-state index in [9.17, 15) is 19.2 Å². The Labute approximate surface area is 428 Å². The summed E-state index contributed by atoms with van der Waals surface area (Å²) >= 11 is 0. The molecule has 0 saturated carbocycles. The third-order valence-corrected chi connectivity index (χ3v) is 10.7. The van der Waals surface area contributed by atoms with E-state index in [1.165, 1.54) is 6.20 Å². The van der Waals surface area contributed by atoms with Crippen molar-refractivity contribution in [2.45, 2.75) is 129 Å². The Kier molecular flexibility index (Phi) is 39.1. The zero-order chi connectivity index (χ0) is 49.7. The van der Waals surface area contributed by atoms with Crippen molar-refractivity contribution in [1.82, 2.24) is 30.4 Å². The number of carbonyl (C=O) groups excluding carboxylic acids is 4. The molecule has 2 N–H and O–H groups in total. The van der Waals surface area contributed by atoms with Gasteiger partial charge in [0.25, 0.3) is 11.8 Å². The fourth-order valence-electron chi connectivity index (χ4n) is 6.76. The molecule has 1 saturated heterocycles. The number of allylic oxidation sites excluding steroid dienone is 20. The van der Waals surface area contributed by atoms with Gasteiger partial charge in [-0.1, -0.05) is 135 Å². The van der Waals surface area contributed by atoms with Crippen LogP contribution in [0, 0.1) is 0 Å². The van der Waals surface area contributed by atoms with E-state index in [2.05, 4.69) is 156 Å². The van der Waals surface area contributed by atoms with Crippen molar-refractivity contribution in [3.8, 4) is 0 Å². The molecule has 11 heteroatoms. The average molecular weight is 973 g/mol. The average Bonchev–Trinajstić information content (AvgIpc) is 3.85. The third-order valence-electron chi connectivity index (χ3n) is 10.7. The quantitative estimate of drug-likeness (QED) is 0.0556. The highest BCUT2D eigenvalue weighted by atomic mass is 32.1. The number of rotatable bonds is 32. The van der Waals surface area contributed by atoms with Crippen molar-refractivity contribution >= 4 is 37.1 Å². The first-order valence-electron chi connectivity index (χ1n) is 25.3. The Bertz CT molecular complexity index is 2000. The summed E-state index contributed by atoms with van der Waals surface area (Å²) in [5.74, 6) is -0.0263. The molecule has 0 bridgehead atoms. The number of aromatic nitrogens is 2. The fraction of sp³-hybridized carbons (Fsp3) is 0.424. The summed E-state index contributed by atoms with van der Waals surface area (Å²) < 4.78 is 0. The van der Waals surface area contributed by atoms with E-state index in [1.54, 1.807) is 54.8 Å². The van der Waals surface area contributed by atoms with Crippen LogP contribution < -0.4 is 10.6 Å². The Morgan fingerprint density at radius 3 is 1.44 bits per heavy atom. The summed E-state index contributed by atoms with van der Waals surface area (Å²) in [6.45, 7) is 6.51. The van der Waals surface area contributed by atoms with E-state index in [-0.39, 0.29) is 43.2 Å². The maximum absolute atomic E-state index is 12.5. The monoisotopic (exact) mass is 973 g/mol. The van der Waals surface area contributed by atoms with Gasteiger partial charge in [-0.25, -0.2) is 0 Å². The Morgan fingerprint density at radius 2 is 1.01 bits per heavy atom. The number of nitrogens with zero attached hydrogens (tertiary/aromatic N) is 4. The molecule has 2 aromatic heterocycles. The summed E-state index contributed by atoms with van der Waals surface area (Å²) in [4.78, 5) is 60.3. The van der Waals surface area contributed by atoms with E-state index < -0.39 is 0 Å². The predicted octanol–water partition coefficient (Wildman–Crippen LogP) is 12.6. The highest BCUT2D eigenvalue weighted by Crippen LogP contribution is 2.13. The zero-order valence-corrected chi connectivity index (χ0v) is 43.5. The summed E-state index contributed by atoms with van der Waals surface area (Å²) in [5, 5.41) is 5.82. The lowest BCUT2D eigenvalue weighted by Crippen LogP contribution is -2.38. The minimum absolute atomic E-state index is 0. The molecule has 0 aliphatic carbocycles. The smallest absolute Gasteiger partial charge is 0.253 e. The normalized spacial score (nSPS) is 14.2. The minimum Gasteiger partial charge on any atom is -0.350 e. The number of hydrogen-bond donors (Lipinski definition) is 2. The standard InChI is InChI=1S/C30H41N3O2.C29H41N3O2.H2S/c1-2-3-4-5-6-7-8-9-10-11-12-13-14-15-16-17-18-21-29(34)33-24-22-28(26-33)32-30(35)27-20-19-23-31-25-27;1-3-4-5-6-7-8-9-10-11-12-13-14-15-16-17-18-19-22-28(33)32(2)25-24-31-29(34)27-21-20-23-30-26-27;/h3-4,6-7,9-10,12-13,15-16,19-20,23,25,28H,2,5,8,11,14,17-18,21-22,24,26H2,1H3,(H,32,35);4-5,7-8,10-11,13-14,16-17,20-21,23,26H,3,6,9,12,15,18-19,22,24-25H2,1-2H3,(H,31,34);1H2/b4-3-,7-6-,10-9-,13-12-,16-15-;5-4-,8-7-,11-10-,14-13-,17-16-;/t28-;;/m0../s1. The van der Waals surface area contributed by atoms with Crippen molar-refractivity contribution in [3.63, 3.8) is 0 Å². The minimum atomic E-state index is -0.174. The molecular formula is C59H84N6O4S. The van der Waals surface area contributed by atoms with Crippen LogP contribution in [0.2, 0.25) is 0 Å². The summed E-state index contributed by atoms with van der Waals surface area (Å²) in [6.07, 6.45) is 65.4. The van der Waals surface area contributed by atoms with E-state index in [0.29, 0.717) is 50.1 Å². The van der Waals surface area contributed by atoms with E-state index >= 15 is 0 Å².